The zero-order chi connectivity index (χ0) is 81.5. The highest BCUT2D eigenvalue weighted by atomic mass is 31.2. The second kappa shape index (κ2) is 82.2. The van der Waals surface area contributed by atoms with E-state index in [0.717, 1.165) is 25.4 Å². The first-order valence-corrected chi connectivity index (χ1v) is 42.8. The standard InChI is InChI=1S/C17H30N2O4.C16H32O7.C14H28O6.C12H24O5.C10H23O3P.C10H20O3/c1-4-9-20-12-17(15-23-16(2)3,13-21-10-5-7-18)14-22-11-6-8-19;1-15(2)23-14-16-13-21-10-9-19-6-5-17-3-4-18-7-8-20-11-12-22-16;1-13(2)20-12-14-11-18-8-7-16-4-3-15-5-6-17-9-10-19-14;1-11(2)17-10-12-9-15-6-5-13-3-4-14-7-8-16-12;1-4-7-14(12,8-5-11)9-6-13-10(2)3;1-4-9-5-13-10(7-12-9)6-11-8(2)3/h16H,4-6,9-15H2,1-3H3;15-16H,3-14H2,1-2H3;13-14H,3-12H2,1-2H3;11-12H,3-10H2,1-2H3;10-11H,4-9H2,1-3H3;8-10H,4-7H2,1-3H3. The van der Waals surface area contributed by atoms with Gasteiger partial charge < -0.3 is 133 Å². The van der Waals surface area contributed by atoms with Crippen molar-refractivity contribution in [1.82, 2.24) is 0 Å². The normalized spacial score (nSPS) is 21.5. The Kier molecular flexibility index (Phi) is 82.4. The molecule has 4 fully saturated rings. The molecule has 0 amide bonds. The summed E-state index contributed by atoms with van der Waals surface area (Å²) in [6, 6.07) is 4.12. The Hall–Kier alpha value is -1.87. The van der Waals surface area contributed by atoms with E-state index in [9.17, 15) is 4.57 Å². The average molecular weight is 1610 g/mol. The molecule has 4 saturated heterocycles. The molecule has 4 rings (SSSR count). The largest absolute Gasteiger partial charge is 0.396 e. The number of hydrogen-bond acceptors (Lipinski definition) is 30. The fourth-order valence-electron chi connectivity index (χ4n) is 9.21. The summed E-state index contributed by atoms with van der Waals surface area (Å²) in [5, 5.41) is 26.0. The van der Waals surface area contributed by atoms with Gasteiger partial charge in [0.2, 0.25) is 0 Å². The summed E-state index contributed by atoms with van der Waals surface area (Å²) in [6.45, 7) is 52.6. The van der Waals surface area contributed by atoms with Gasteiger partial charge in [-0.3, -0.25) is 0 Å². The second-order valence-corrected chi connectivity index (χ2v) is 31.2. The van der Waals surface area contributed by atoms with Gasteiger partial charge in [-0.1, -0.05) is 20.8 Å². The summed E-state index contributed by atoms with van der Waals surface area (Å²) in [5.41, 5.74) is -0.426. The van der Waals surface area contributed by atoms with Crippen LogP contribution in [0.5, 0.6) is 0 Å². The van der Waals surface area contributed by atoms with Crippen molar-refractivity contribution in [2.24, 2.45) is 5.41 Å². The minimum atomic E-state index is -2.15. The third-order valence-electron chi connectivity index (χ3n) is 15.1. The lowest BCUT2D eigenvalue weighted by molar-refractivity contribution is -0.156. The van der Waals surface area contributed by atoms with E-state index < -0.39 is 12.6 Å². The number of nitrogens with zero attached hydrogens (tertiary/aromatic N) is 2. The Morgan fingerprint density at radius 2 is 0.627 bits per heavy atom. The molecule has 0 aromatic heterocycles. The summed E-state index contributed by atoms with van der Waals surface area (Å²) in [7, 11) is -2.15. The third kappa shape index (κ3) is 78.6. The molecule has 30 nitrogen and oxygen atoms in total. The molecule has 0 aromatic carbocycles. The van der Waals surface area contributed by atoms with E-state index in [1.807, 2.05) is 90.0 Å². The zero-order valence-corrected chi connectivity index (χ0v) is 71.9. The van der Waals surface area contributed by atoms with Gasteiger partial charge in [0.05, 0.1) is 345 Å². The van der Waals surface area contributed by atoms with Gasteiger partial charge >= 0.3 is 0 Å². The monoisotopic (exact) mass is 1610 g/mol. The molecule has 0 aliphatic carbocycles. The molecule has 31 heteroatoms. The molecule has 0 spiro atoms. The predicted octanol–water partition coefficient (Wildman–Crippen LogP) is 9.10. The van der Waals surface area contributed by atoms with E-state index in [1.165, 1.54) is 0 Å². The molecule has 0 bridgehead atoms. The average Bonchev–Trinajstić information content (AvgIpc) is 0.867. The number of aliphatic hydroxyl groups excluding tert-OH is 1. The van der Waals surface area contributed by atoms with Crippen LogP contribution in [0.25, 0.3) is 0 Å². The molecule has 656 valence electrons. The Morgan fingerprint density at radius 1 is 0.336 bits per heavy atom. The first kappa shape index (κ1) is 110. The maximum absolute atomic E-state index is 12.2. The minimum Gasteiger partial charge on any atom is -0.396 e. The maximum Gasteiger partial charge on any atom is 0.104 e. The summed E-state index contributed by atoms with van der Waals surface area (Å²) in [6.07, 6.45) is 6.72. The minimum absolute atomic E-state index is 0.0267. The lowest BCUT2D eigenvalue weighted by Crippen LogP contribution is -2.42. The molecule has 6 unspecified atom stereocenters. The number of aliphatic hydroxyl groups is 1. The summed E-state index contributed by atoms with van der Waals surface area (Å²) < 4.78 is 156. The van der Waals surface area contributed by atoms with Crippen LogP contribution in [0.2, 0.25) is 0 Å². The topological polar surface area (TPSA) is 325 Å². The second-order valence-electron chi connectivity index (χ2n) is 27.8. The van der Waals surface area contributed by atoms with Crippen LogP contribution < -0.4 is 0 Å². The van der Waals surface area contributed by atoms with Crippen LogP contribution in [0, 0.1) is 28.1 Å². The van der Waals surface area contributed by atoms with Gasteiger partial charge in [-0.25, -0.2) is 0 Å². The Bertz CT molecular complexity index is 1930. The first-order valence-electron chi connectivity index (χ1n) is 40.6. The van der Waals surface area contributed by atoms with Crippen LogP contribution >= 0.6 is 7.14 Å². The summed E-state index contributed by atoms with van der Waals surface area (Å²) >= 11 is 0. The van der Waals surface area contributed by atoms with Crippen LogP contribution in [0.1, 0.15) is 136 Å². The molecule has 1 N–H and O–H groups in total. The van der Waals surface area contributed by atoms with Crippen molar-refractivity contribution in [2.75, 3.05) is 296 Å². The molecule has 4 aliphatic rings. The zero-order valence-electron chi connectivity index (χ0n) is 71.0. The number of nitriles is 2. The van der Waals surface area contributed by atoms with E-state index in [0.29, 0.717) is 296 Å². The Labute approximate surface area is 664 Å². The van der Waals surface area contributed by atoms with Gasteiger partial charge in [0.15, 0.2) is 0 Å². The van der Waals surface area contributed by atoms with Crippen LogP contribution in [0.15, 0.2) is 0 Å². The van der Waals surface area contributed by atoms with Gasteiger partial charge in [0, 0.05) is 31.7 Å². The molecular formula is C79H157N2O28P. The SMILES string of the molecule is CC(C)OCC1COCCOCCOCCO1.CC(C)OCC1COCCOCCOCCOCCO1.CC(C)OCC1COCCOCCOCCOCCOCCO1.CCC1COC(COC(C)C)CO1.CCCOCC(COCCC#N)(COCCC#N)COC(C)C.CCCP(=O)(CCO)CCOC(C)C. The Balaban J connectivity index is 0. The Morgan fingerprint density at radius 3 is 0.900 bits per heavy atom. The third-order valence-corrected chi connectivity index (χ3v) is 18.3. The highest BCUT2D eigenvalue weighted by Gasteiger charge is 2.33. The summed E-state index contributed by atoms with van der Waals surface area (Å²) in [4.78, 5) is 0. The number of ether oxygens (including phenoxy) is 26. The molecule has 4 aliphatic heterocycles. The van der Waals surface area contributed by atoms with E-state index in [2.05, 4.69) is 26.0 Å². The number of hydrogen-bond donors (Lipinski definition) is 1. The van der Waals surface area contributed by atoms with Crippen LogP contribution in [-0.2, 0) is 128 Å². The first-order chi connectivity index (χ1) is 53.2. The lowest BCUT2D eigenvalue weighted by atomic mass is 9.92. The van der Waals surface area contributed by atoms with Crippen LogP contribution in [-0.4, -0.2) is 368 Å². The van der Waals surface area contributed by atoms with Crippen molar-refractivity contribution >= 4 is 7.14 Å². The summed E-state index contributed by atoms with van der Waals surface area (Å²) in [5.74, 6) is 0. The van der Waals surface area contributed by atoms with Gasteiger partial charge in [-0.2, -0.15) is 10.5 Å². The van der Waals surface area contributed by atoms with Crippen molar-refractivity contribution in [2.45, 2.75) is 203 Å². The molecule has 0 saturated carbocycles. The lowest BCUT2D eigenvalue weighted by Gasteiger charge is -2.33. The molecule has 6 atom stereocenters. The van der Waals surface area contributed by atoms with E-state index in [-0.39, 0.29) is 73.8 Å². The maximum atomic E-state index is 12.2. The van der Waals surface area contributed by atoms with Gasteiger partial charge in [-0.05, 0) is 102 Å². The van der Waals surface area contributed by atoms with Crippen LogP contribution in [0.3, 0.4) is 0 Å². The van der Waals surface area contributed by atoms with Crippen molar-refractivity contribution in [3.8, 4) is 12.1 Å². The molecule has 0 aromatic rings. The van der Waals surface area contributed by atoms with Crippen molar-refractivity contribution < 1.29 is 133 Å². The molecule has 110 heavy (non-hydrogen) atoms. The van der Waals surface area contributed by atoms with Gasteiger partial charge in [-0.15, -0.1) is 0 Å². The molecular weight excluding hydrogens is 1460 g/mol. The van der Waals surface area contributed by atoms with Crippen molar-refractivity contribution in [3.63, 3.8) is 0 Å². The molecule has 4 heterocycles. The fourth-order valence-corrected chi connectivity index (χ4v) is 11.5. The van der Waals surface area contributed by atoms with Gasteiger partial charge in [0.25, 0.3) is 0 Å². The van der Waals surface area contributed by atoms with E-state index >= 15 is 0 Å². The number of rotatable bonds is 36. The smallest absolute Gasteiger partial charge is 0.104 e. The highest BCUT2D eigenvalue weighted by Crippen LogP contribution is 2.45. The predicted molar refractivity (Wildman–Crippen MR) is 421 cm³/mol. The van der Waals surface area contributed by atoms with Gasteiger partial charge in [0.1, 0.15) is 24.4 Å². The quantitative estimate of drug-likeness (QED) is 0.0451. The van der Waals surface area contributed by atoms with Crippen molar-refractivity contribution in [1.29, 1.82) is 10.5 Å². The van der Waals surface area contributed by atoms with E-state index in [1.54, 1.807) is 0 Å². The van der Waals surface area contributed by atoms with Crippen molar-refractivity contribution in [3.05, 3.63) is 0 Å². The fraction of sp³-hybridized carbons (Fsp3) is 0.975. The van der Waals surface area contributed by atoms with E-state index in [4.69, 9.17) is 139 Å². The van der Waals surface area contributed by atoms with Crippen LogP contribution in [0.4, 0.5) is 0 Å². The highest BCUT2D eigenvalue weighted by molar-refractivity contribution is 7.63. The molecule has 0 radical (unpaired) electrons.